The summed E-state index contributed by atoms with van der Waals surface area (Å²) in [5.74, 6) is 0.958. The van der Waals surface area contributed by atoms with Crippen molar-refractivity contribution in [2.24, 2.45) is 11.8 Å². The van der Waals surface area contributed by atoms with Gasteiger partial charge in [0.25, 0.3) is 11.6 Å². The Hall–Kier alpha value is -2.11. The van der Waals surface area contributed by atoms with E-state index in [1.165, 1.54) is 38.1 Å². The summed E-state index contributed by atoms with van der Waals surface area (Å²) in [6.07, 6.45) is 2.48. The fourth-order valence-corrected chi connectivity index (χ4v) is 2.23. The maximum Gasteiger partial charge on any atom is 0.292 e. The molecule has 0 saturated heterocycles. The minimum Gasteiger partial charge on any atom is -0.379 e. The molecule has 1 fully saturated rings. The van der Waals surface area contributed by atoms with Gasteiger partial charge in [0.1, 0.15) is 5.69 Å². The minimum absolute atomic E-state index is 0.000602. The van der Waals surface area contributed by atoms with E-state index in [-0.39, 0.29) is 11.6 Å². The molecule has 2 N–H and O–H groups in total. The molecule has 1 aromatic carbocycles. The van der Waals surface area contributed by atoms with Crippen LogP contribution >= 0.6 is 0 Å². The summed E-state index contributed by atoms with van der Waals surface area (Å²) in [4.78, 5) is 22.2. The van der Waals surface area contributed by atoms with Crippen molar-refractivity contribution in [3.8, 4) is 0 Å². The summed E-state index contributed by atoms with van der Waals surface area (Å²) < 4.78 is 0. The van der Waals surface area contributed by atoms with Gasteiger partial charge in [0, 0.05) is 25.2 Å². The molecule has 108 valence electrons. The maximum absolute atomic E-state index is 11.6. The molecule has 1 unspecified atom stereocenters. The monoisotopic (exact) mass is 277 g/mol. The van der Waals surface area contributed by atoms with Gasteiger partial charge in [0.05, 0.1) is 4.92 Å². The van der Waals surface area contributed by atoms with Crippen LogP contribution in [0.3, 0.4) is 0 Å². The van der Waals surface area contributed by atoms with Gasteiger partial charge in [0.15, 0.2) is 0 Å². The van der Waals surface area contributed by atoms with Crippen LogP contribution < -0.4 is 10.6 Å². The number of nitro benzene ring substituents is 1. The lowest BCUT2D eigenvalue weighted by Crippen LogP contribution is -2.19. The van der Waals surface area contributed by atoms with Crippen molar-refractivity contribution in [2.75, 3.05) is 18.9 Å². The van der Waals surface area contributed by atoms with Crippen LogP contribution in [0.15, 0.2) is 18.2 Å². The second-order valence-corrected chi connectivity index (χ2v) is 5.26. The molecule has 6 nitrogen and oxygen atoms in total. The average molecular weight is 277 g/mol. The maximum atomic E-state index is 11.6. The molecule has 0 spiro atoms. The highest BCUT2D eigenvalue weighted by atomic mass is 16.6. The highest BCUT2D eigenvalue weighted by Crippen LogP contribution is 2.37. The number of nitro groups is 1. The second kappa shape index (κ2) is 5.90. The van der Waals surface area contributed by atoms with Gasteiger partial charge in [-0.25, -0.2) is 0 Å². The minimum atomic E-state index is -0.433. The summed E-state index contributed by atoms with van der Waals surface area (Å²) in [5, 5.41) is 16.7. The van der Waals surface area contributed by atoms with Crippen molar-refractivity contribution in [2.45, 2.75) is 19.8 Å². The van der Waals surface area contributed by atoms with E-state index in [0.717, 1.165) is 5.92 Å². The van der Waals surface area contributed by atoms with Gasteiger partial charge in [-0.15, -0.1) is 0 Å². The Morgan fingerprint density at radius 2 is 2.20 bits per heavy atom. The number of carbonyl (C=O) groups excluding carboxylic acids is 1. The Bertz CT molecular complexity index is 526. The van der Waals surface area contributed by atoms with Crippen molar-refractivity contribution in [3.05, 3.63) is 33.9 Å². The number of hydrogen-bond acceptors (Lipinski definition) is 4. The van der Waals surface area contributed by atoms with E-state index in [4.69, 9.17) is 0 Å². The molecule has 0 heterocycles. The van der Waals surface area contributed by atoms with Gasteiger partial charge in [-0.2, -0.15) is 0 Å². The number of nitrogens with zero attached hydrogens (tertiary/aromatic N) is 1. The third kappa shape index (κ3) is 3.26. The van der Waals surface area contributed by atoms with E-state index in [0.29, 0.717) is 23.7 Å². The van der Waals surface area contributed by atoms with Crippen LogP contribution in [-0.4, -0.2) is 24.4 Å². The number of rotatable bonds is 6. The summed E-state index contributed by atoms with van der Waals surface area (Å²) in [5.41, 5.74) is 0.823. The lowest BCUT2D eigenvalue weighted by atomic mass is 10.1. The summed E-state index contributed by atoms with van der Waals surface area (Å²) in [7, 11) is 1.53. The summed E-state index contributed by atoms with van der Waals surface area (Å²) in [6, 6.07) is 4.37. The lowest BCUT2D eigenvalue weighted by molar-refractivity contribution is -0.384. The van der Waals surface area contributed by atoms with E-state index >= 15 is 0 Å². The predicted octanol–water partition coefficient (Wildman–Crippen LogP) is 2.41. The van der Waals surface area contributed by atoms with Crippen LogP contribution in [0.5, 0.6) is 0 Å². The standard InChI is InChI=1S/C14H19N3O3/c1-9(10-3-4-10)8-16-12-7-11(14(18)15-2)5-6-13(12)17(19)20/h5-7,9-10,16H,3-4,8H2,1-2H3,(H,15,18). The average Bonchev–Trinajstić information content (AvgIpc) is 3.27. The molecule has 20 heavy (non-hydrogen) atoms. The molecule has 0 radical (unpaired) electrons. The number of hydrogen-bond donors (Lipinski definition) is 2. The third-order valence-corrected chi connectivity index (χ3v) is 3.72. The van der Waals surface area contributed by atoms with E-state index in [1.54, 1.807) is 0 Å². The predicted molar refractivity (Wildman–Crippen MR) is 76.9 cm³/mol. The Morgan fingerprint density at radius 3 is 2.75 bits per heavy atom. The number of amides is 1. The molecular formula is C14H19N3O3. The van der Waals surface area contributed by atoms with Crippen molar-refractivity contribution >= 4 is 17.3 Å². The van der Waals surface area contributed by atoms with Crippen LogP contribution in [0.4, 0.5) is 11.4 Å². The van der Waals surface area contributed by atoms with Crippen LogP contribution in [0.1, 0.15) is 30.1 Å². The molecule has 1 aliphatic rings. The molecule has 1 atom stereocenters. The molecule has 1 saturated carbocycles. The van der Waals surface area contributed by atoms with E-state index in [2.05, 4.69) is 17.6 Å². The van der Waals surface area contributed by atoms with Crippen molar-refractivity contribution < 1.29 is 9.72 Å². The Labute approximate surface area is 117 Å². The van der Waals surface area contributed by atoms with Gasteiger partial charge in [-0.3, -0.25) is 14.9 Å². The zero-order valence-electron chi connectivity index (χ0n) is 11.7. The zero-order chi connectivity index (χ0) is 14.7. The number of carbonyl (C=O) groups is 1. The van der Waals surface area contributed by atoms with Gasteiger partial charge in [0.2, 0.25) is 0 Å². The molecule has 1 aromatic rings. The van der Waals surface area contributed by atoms with Crippen LogP contribution in [0.2, 0.25) is 0 Å². The van der Waals surface area contributed by atoms with E-state index < -0.39 is 4.92 Å². The Balaban J connectivity index is 2.17. The summed E-state index contributed by atoms with van der Waals surface area (Å²) in [6.45, 7) is 2.82. The van der Waals surface area contributed by atoms with E-state index in [1.807, 2.05) is 0 Å². The first kappa shape index (κ1) is 14.3. The first-order chi connectivity index (χ1) is 9.52. The quantitative estimate of drug-likeness (QED) is 0.617. The molecule has 0 aromatic heterocycles. The molecule has 1 aliphatic carbocycles. The van der Waals surface area contributed by atoms with Crippen LogP contribution in [0.25, 0.3) is 0 Å². The smallest absolute Gasteiger partial charge is 0.292 e. The Morgan fingerprint density at radius 1 is 1.50 bits per heavy atom. The van der Waals surface area contributed by atoms with Crippen molar-refractivity contribution in [3.63, 3.8) is 0 Å². The molecule has 0 bridgehead atoms. The normalized spacial score (nSPS) is 15.5. The highest BCUT2D eigenvalue weighted by molar-refractivity contribution is 5.95. The van der Waals surface area contributed by atoms with Gasteiger partial charge in [-0.1, -0.05) is 6.92 Å². The highest BCUT2D eigenvalue weighted by Gasteiger charge is 2.28. The second-order valence-electron chi connectivity index (χ2n) is 5.26. The van der Waals surface area contributed by atoms with E-state index in [9.17, 15) is 14.9 Å². The summed E-state index contributed by atoms with van der Waals surface area (Å²) >= 11 is 0. The fraction of sp³-hybridized carbons (Fsp3) is 0.500. The van der Waals surface area contributed by atoms with Gasteiger partial charge >= 0.3 is 0 Å². The number of benzene rings is 1. The Kier molecular flexibility index (Phi) is 4.22. The van der Waals surface area contributed by atoms with Gasteiger partial charge in [-0.05, 0) is 36.8 Å². The first-order valence-corrected chi connectivity index (χ1v) is 6.77. The van der Waals surface area contributed by atoms with Crippen molar-refractivity contribution in [1.82, 2.24) is 5.32 Å². The molecule has 6 heteroatoms. The van der Waals surface area contributed by atoms with Crippen molar-refractivity contribution in [1.29, 1.82) is 0 Å². The van der Waals surface area contributed by atoms with Crippen LogP contribution in [0, 0.1) is 22.0 Å². The topological polar surface area (TPSA) is 84.3 Å². The SMILES string of the molecule is CNC(=O)c1ccc([N+](=O)[O-])c(NCC(C)C2CC2)c1. The molecular weight excluding hydrogens is 258 g/mol. The van der Waals surface area contributed by atoms with Gasteiger partial charge < -0.3 is 10.6 Å². The first-order valence-electron chi connectivity index (χ1n) is 6.77. The lowest BCUT2D eigenvalue weighted by Gasteiger charge is -2.13. The molecule has 0 aliphatic heterocycles. The molecule has 2 rings (SSSR count). The third-order valence-electron chi connectivity index (χ3n) is 3.72. The fourth-order valence-electron chi connectivity index (χ4n) is 2.23. The largest absolute Gasteiger partial charge is 0.379 e. The number of anilines is 1. The number of nitrogens with one attached hydrogen (secondary N) is 2. The van der Waals surface area contributed by atoms with Crippen LogP contribution in [-0.2, 0) is 0 Å². The zero-order valence-corrected chi connectivity index (χ0v) is 11.7. The molecule has 1 amide bonds.